The van der Waals surface area contributed by atoms with Gasteiger partial charge in [-0.3, -0.25) is 0 Å². The summed E-state index contributed by atoms with van der Waals surface area (Å²) in [5.74, 6) is 0. The predicted octanol–water partition coefficient (Wildman–Crippen LogP) is 2.97. The van der Waals surface area contributed by atoms with E-state index in [4.69, 9.17) is 0 Å². The maximum absolute atomic E-state index is 11.7. The number of benzene rings is 1. The Hall–Kier alpha value is -1.07. The van der Waals surface area contributed by atoms with Gasteiger partial charge in [-0.1, -0.05) is 28.1 Å². The summed E-state index contributed by atoms with van der Waals surface area (Å²) in [6, 6.07) is 6.73. The second kappa shape index (κ2) is 6.39. The van der Waals surface area contributed by atoms with Crippen molar-refractivity contribution >= 4 is 22.0 Å². The molecule has 0 saturated carbocycles. The number of hydrogen-bond donors (Lipinski definition) is 3. The van der Waals surface area contributed by atoms with E-state index in [0.717, 1.165) is 10.0 Å². The highest BCUT2D eigenvalue weighted by Gasteiger charge is 2.20. The Bertz CT molecular complexity index is 426. The molecule has 0 fully saturated rings. The summed E-state index contributed by atoms with van der Waals surface area (Å²) in [5.41, 5.74) is 0.471. The molecule has 2 amide bonds. The van der Waals surface area contributed by atoms with E-state index >= 15 is 0 Å². The summed E-state index contributed by atoms with van der Waals surface area (Å²) >= 11 is 3.34. The summed E-state index contributed by atoms with van der Waals surface area (Å²) in [6.45, 7) is 7.49. The van der Waals surface area contributed by atoms with Crippen molar-refractivity contribution in [1.82, 2.24) is 10.6 Å². The van der Waals surface area contributed by atoms with Gasteiger partial charge in [-0.25, -0.2) is 4.79 Å². The summed E-state index contributed by atoms with van der Waals surface area (Å²) in [7, 11) is 0. The van der Waals surface area contributed by atoms with Crippen LogP contribution >= 0.6 is 15.9 Å². The fraction of sp³-hybridized carbons (Fsp3) is 0.500. The van der Waals surface area contributed by atoms with E-state index in [2.05, 4.69) is 26.6 Å². The molecule has 1 aromatic rings. The average Bonchev–Trinajstić information content (AvgIpc) is 2.26. The lowest BCUT2D eigenvalue weighted by Crippen LogP contribution is -2.50. The molecule has 0 aliphatic heterocycles. The molecule has 0 radical (unpaired) electrons. The van der Waals surface area contributed by atoms with Crippen LogP contribution in [0.15, 0.2) is 28.7 Å². The van der Waals surface area contributed by atoms with Crippen LogP contribution in [0.3, 0.4) is 0 Å². The Balaban J connectivity index is 2.60. The van der Waals surface area contributed by atoms with Gasteiger partial charge in [0, 0.05) is 10.0 Å². The fourth-order valence-electron chi connectivity index (χ4n) is 1.61. The third kappa shape index (κ3) is 5.61. The molecule has 106 valence electrons. The Morgan fingerprint density at radius 3 is 2.26 bits per heavy atom. The lowest BCUT2D eigenvalue weighted by molar-refractivity contribution is 0.136. The van der Waals surface area contributed by atoms with Gasteiger partial charge in [0.1, 0.15) is 0 Å². The lowest BCUT2D eigenvalue weighted by atomic mass is 10.0. The first-order chi connectivity index (χ1) is 8.69. The minimum absolute atomic E-state index is 0.281. The van der Waals surface area contributed by atoms with Crippen molar-refractivity contribution in [2.24, 2.45) is 0 Å². The Morgan fingerprint density at radius 1 is 1.26 bits per heavy atom. The van der Waals surface area contributed by atoms with Crippen LogP contribution in [0.1, 0.15) is 39.4 Å². The number of nitrogens with one attached hydrogen (secondary N) is 2. The summed E-state index contributed by atoms with van der Waals surface area (Å²) < 4.78 is 0.953. The molecule has 0 aliphatic rings. The van der Waals surface area contributed by atoms with Crippen LogP contribution in [0.2, 0.25) is 0 Å². The number of aliphatic hydroxyl groups is 1. The molecule has 2 unspecified atom stereocenters. The van der Waals surface area contributed by atoms with Crippen LogP contribution in [0.25, 0.3) is 0 Å². The van der Waals surface area contributed by atoms with Crippen LogP contribution in [-0.2, 0) is 0 Å². The van der Waals surface area contributed by atoms with Gasteiger partial charge < -0.3 is 15.7 Å². The van der Waals surface area contributed by atoms with Gasteiger partial charge >= 0.3 is 6.03 Å². The number of carbonyl (C=O) groups is 1. The smallest absolute Gasteiger partial charge is 0.315 e. The molecule has 1 rings (SSSR count). The number of aliphatic hydroxyl groups excluding tert-OH is 1. The molecule has 1 aromatic carbocycles. The van der Waals surface area contributed by atoms with E-state index in [1.165, 1.54) is 0 Å². The summed E-state index contributed by atoms with van der Waals surface area (Å²) in [4.78, 5) is 11.7. The molecular weight excluding hydrogens is 308 g/mol. The highest BCUT2D eigenvalue weighted by molar-refractivity contribution is 9.10. The third-order valence-corrected chi connectivity index (χ3v) is 3.06. The Morgan fingerprint density at radius 2 is 1.79 bits per heavy atom. The fourth-order valence-corrected chi connectivity index (χ4v) is 1.88. The molecule has 4 nitrogen and oxygen atoms in total. The van der Waals surface area contributed by atoms with Gasteiger partial charge in [0.2, 0.25) is 0 Å². The summed E-state index contributed by atoms with van der Waals surface area (Å²) in [5, 5.41) is 15.7. The van der Waals surface area contributed by atoms with Crippen LogP contribution in [-0.4, -0.2) is 22.7 Å². The van der Waals surface area contributed by atoms with Crippen molar-refractivity contribution < 1.29 is 9.90 Å². The van der Waals surface area contributed by atoms with E-state index in [1.54, 1.807) is 6.92 Å². The lowest BCUT2D eigenvalue weighted by Gasteiger charge is -2.25. The van der Waals surface area contributed by atoms with E-state index in [0.29, 0.717) is 0 Å². The van der Waals surface area contributed by atoms with Crippen LogP contribution < -0.4 is 10.6 Å². The van der Waals surface area contributed by atoms with E-state index in [1.807, 2.05) is 45.0 Å². The normalized spacial score (nSPS) is 14.6. The second-order valence-corrected chi connectivity index (χ2v) is 6.55. The van der Waals surface area contributed by atoms with Gasteiger partial charge in [0.05, 0.1) is 12.1 Å². The first kappa shape index (κ1) is 16.0. The predicted molar refractivity (Wildman–Crippen MR) is 80.0 cm³/mol. The molecule has 0 bridgehead atoms. The SMILES string of the molecule is CC(NC(=O)NC(C)(C)C)C(O)c1ccc(Br)cc1. The minimum atomic E-state index is -0.737. The van der Waals surface area contributed by atoms with Crippen molar-refractivity contribution in [3.05, 3.63) is 34.3 Å². The molecule has 0 aromatic heterocycles. The minimum Gasteiger partial charge on any atom is -0.386 e. The number of carbonyl (C=O) groups excluding carboxylic acids is 1. The second-order valence-electron chi connectivity index (χ2n) is 5.63. The topological polar surface area (TPSA) is 61.4 Å². The standard InChI is InChI=1S/C14H21BrN2O2/c1-9(16-13(19)17-14(2,3)4)12(18)10-5-7-11(15)8-6-10/h5-9,12,18H,1-4H3,(H2,16,17,19). The molecular formula is C14H21BrN2O2. The van der Waals surface area contributed by atoms with Crippen LogP contribution in [0.4, 0.5) is 4.79 Å². The van der Waals surface area contributed by atoms with Crippen molar-refractivity contribution in [3.63, 3.8) is 0 Å². The molecule has 0 aliphatic carbocycles. The molecule has 0 saturated heterocycles. The van der Waals surface area contributed by atoms with Gasteiger partial charge in [0.25, 0.3) is 0 Å². The zero-order valence-corrected chi connectivity index (χ0v) is 13.3. The van der Waals surface area contributed by atoms with E-state index < -0.39 is 6.10 Å². The zero-order chi connectivity index (χ0) is 14.6. The maximum atomic E-state index is 11.7. The zero-order valence-electron chi connectivity index (χ0n) is 11.7. The van der Waals surface area contributed by atoms with Gasteiger partial charge in [-0.2, -0.15) is 0 Å². The molecule has 0 spiro atoms. The highest BCUT2D eigenvalue weighted by atomic mass is 79.9. The monoisotopic (exact) mass is 328 g/mol. The van der Waals surface area contributed by atoms with Crippen molar-refractivity contribution in [3.8, 4) is 0 Å². The van der Waals surface area contributed by atoms with Crippen LogP contribution in [0, 0.1) is 0 Å². The molecule has 0 heterocycles. The molecule has 2 atom stereocenters. The van der Waals surface area contributed by atoms with Crippen molar-refractivity contribution in [2.75, 3.05) is 0 Å². The number of urea groups is 1. The van der Waals surface area contributed by atoms with Gasteiger partial charge in [0.15, 0.2) is 0 Å². The maximum Gasteiger partial charge on any atom is 0.315 e. The largest absolute Gasteiger partial charge is 0.386 e. The van der Waals surface area contributed by atoms with Crippen molar-refractivity contribution in [2.45, 2.75) is 45.4 Å². The molecule has 19 heavy (non-hydrogen) atoms. The quantitative estimate of drug-likeness (QED) is 0.798. The Kier molecular flexibility index (Phi) is 5.38. The van der Waals surface area contributed by atoms with E-state index in [9.17, 15) is 9.90 Å². The number of rotatable bonds is 3. The van der Waals surface area contributed by atoms with Gasteiger partial charge in [-0.05, 0) is 45.4 Å². The van der Waals surface area contributed by atoms with E-state index in [-0.39, 0.29) is 17.6 Å². The summed E-state index contributed by atoms with van der Waals surface area (Å²) in [6.07, 6.45) is -0.737. The first-order valence-corrected chi connectivity index (χ1v) is 7.00. The number of halogens is 1. The highest BCUT2D eigenvalue weighted by Crippen LogP contribution is 2.19. The first-order valence-electron chi connectivity index (χ1n) is 6.21. The van der Waals surface area contributed by atoms with Crippen LogP contribution in [0.5, 0.6) is 0 Å². The van der Waals surface area contributed by atoms with Crippen molar-refractivity contribution in [1.29, 1.82) is 0 Å². The average molecular weight is 329 g/mol. The number of amides is 2. The number of hydrogen-bond acceptors (Lipinski definition) is 2. The third-order valence-electron chi connectivity index (χ3n) is 2.53. The molecule has 3 N–H and O–H groups in total. The molecule has 5 heteroatoms. The Labute approximate surface area is 122 Å². The van der Waals surface area contributed by atoms with Gasteiger partial charge in [-0.15, -0.1) is 0 Å².